The average Bonchev–Trinajstić information content (AvgIpc) is 2.19. The molecule has 0 aliphatic carbocycles. The molecule has 0 radical (unpaired) electrons. The van der Waals surface area contributed by atoms with E-state index in [9.17, 15) is 4.79 Å². The van der Waals surface area contributed by atoms with Crippen LogP contribution in [0.3, 0.4) is 0 Å². The lowest BCUT2D eigenvalue weighted by Crippen LogP contribution is -2.40. The fraction of sp³-hybridized carbons (Fsp3) is 0.889. The molecular weight excluding hydrogens is 186 g/mol. The number of methoxy groups -OCH3 is 1. The van der Waals surface area contributed by atoms with Gasteiger partial charge in [-0.15, -0.1) is 0 Å². The maximum Gasteiger partial charge on any atom is 0.307 e. The van der Waals surface area contributed by atoms with Gasteiger partial charge in [-0.25, -0.2) is 0 Å². The zero-order valence-corrected chi connectivity index (χ0v) is 9.10. The molecule has 0 bridgehead atoms. The summed E-state index contributed by atoms with van der Waals surface area (Å²) in [6.07, 6.45) is 0.515. The molecule has 1 aliphatic heterocycles. The summed E-state index contributed by atoms with van der Waals surface area (Å²) in [6.45, 7) is 4.29. The number of ether oxygens (including phenoxy) is 1. The largest absolute Gasteiger partial charge is 0.469 e. The maximum atomic E-state index is 11.0. The van der Waals surface area contributed by atoms with E-state index in [1.165, 1.54) is 18.6 Å². The van der Waals surface area contributed by atoms with E-state index in [0.29, 0.717) is 12.5 Å². The topological polar surface area (TPSA) is 29.5 Å². The number of carbonyl (C=O) groups is 1. The lowest BCUT2D eigenvalue weighted by atomic mass is 10.2. The zero-order valence-electron chi connectivity index (χ0n) is 8.28. The molecule has 1 unspecified atom stereocenters. The summed E-state index contributed by atoms with van der Waals surface area (Å²) in [5.41, 5.74) is 0. The van der Waals surface area contributed by atoms with Crippen molar-refractivity contribution in [1.29, 1.82) is 0 Å². The predicted molar refractivity (Wildman–Crippen MR) is 55.0 cm³/mol. The Hall–Kier alpha value is -0.220. The maximum absolute atomic E-state index is 11.0. The highest BCUT2D eigenvalue weighted by Crippen LogP contribution is 2.13. The molecule has 0 amide bonds. The third kappa shape index (κ3) is 3.56. The molecule has 1 fully saturated rings. The van der Waals surface area contributed by atoms with E-state index in [1.54, 1.807) is 0 Å². The van der Waals surface area contributed by atoms with E-state index >= 15 is 0 Å². The second kappa shape index (κ2) is 5.50. The van der Waals surface area contributed by atoms with Crippen LogP contribution in [-0.4, -0.2) is 48.6 Å². The fourth-order valence-corrected chi connectivity index (χ4v) is 2.40. The van der Waals surface area contributed by atoms with Crippen molar-refractivity contribution in [3.63, 3.8) is 0 Å². The Morgan fingerprint density at radius 3 is 2.69 bits per heavy atom. The van der Waals surface area contributed by atoms with Crippen LogP contribution in [0.25, 0.3) is 0 Å². The van der Waals surface area contributed by atoms with E-state index < -0.39 is 0 Å². The van der Waals surface area contributed by atoms with Crippen LogP contribution < -0.4 is 0 Å². The van der Waals surface area contributed by atoms with Gasteiger partial charge in [0.1, 0.15) is 0 Å². The van der Waals surface area contributed by atoms with Gasteiger partial charge in [-0.05, 0) is 6.92 Å². The van der Waals surface area contributed by atoms with Crippen LogP contribution in [0.2, 0.25) is 0 Å². The summed E-state index contributed by atoms with van der Waals surface area (Å²) in [5, 5.41) is 0. The molecule has 0 aromatic rings. The summed E-state index contributed by atoms with van der Waals surface area (Å²) in [7, 11) is 1.45. The molecule has 0 N–H and O–H groups in total. The third-order valence-corrected chi connectivity index (χ3v) is 3.30. The molecule has 1 heterocycles. The fourth-order valence-electron chi connectivity index (χ4n) is 1.47. The van der Waals surface area contributed by atoms with Gasteiger partial charge in [0.05, 0.1) is 13.5 Å². The number of esters is 1. The van der Waals surface area contributed by atoms with Gasteiger partial charge in [0, 0.05) is 30.6 Å². The van der Waals surface area contributed by atoms with E-state index in [2.05, 4.69) is 16.6 Å². The summed E-state index contributed by atoms with van der Waals surface area (Å²) in [6, 6.07) is 0.327. The van der Waals surface area contributed by atoms with Gasteiger partial charge in [-0.3, -0.25) is 9.69 Å². The van der Waals surface area contributed by atoms with E-state index in [0.717, 1.165) is 13.1 Å². The standard InChI is InChI=1S/C9H17NO2S/c1-8(7-9(11)12-2)10-3-5-13-6-4-10/h8H,3-7H2,1-2H3. The molecule has 0 aromatic carbocycles. The van der Waals surface area contributed by atoms with Crippen molar-refractivity contribution in [1.82, 2.24) is 4.90 Å². The number of hydrogen-bond donors (Lipinski definition) is 0. The van der Waals surface area contributed by atoms with Gasteiger partial charge in [0.15, 0.2) is 0 Å². The van der Waals surface area contributed by atoms with Crippen molar-refractivity contribution >= 4 is 17.7 Å². The smallest absolute Gasteiger partial charge is 0.307 e. The normalized spacial score (nSPS) is 21.1. The lowest BCUT2D eigenvalue weighted by Gasteiger charge is -2.31. The summed E-state index contributed by atoms with van der Waals surface area (Å²) >= 11 is 1.98. The molecule has 0 saturated carbocycles. The molecule has 0 aromatic heterocycles. The predicted octanol–water partition coefficient (Wildman–Crippen LogP) is 0.987. The molecule has 0 spiro atoms. The number of thioether (sulfide) groups is 1. The van der Waals surface area contributed by atoms with Crippen molar-refractivity contribution in [2.24, 2.45) is 0 Å². The first-order valence-corrected chi connectivity index (χ1v) is 5.78. The molecule has 1 atom stereocenters. The number of nitrogens with zero attached hydrogens (tertiary/aromatic N) is 1. The average molecular weight is 203 g/mol. The van der Waals surface area contributed by atoms with Gasteiger partial charge < -0.3 is 4.74 Å². The van der Waals surface area contributed by atoms with Gasteiger partial charge in [0.25, 0.3) is 0 Å². The Morgan fingerprint density at radius 2 is 2.15 bits per heavy atom. The number of rotatable bonds is 3. The van der Waals surface area contributed by atoms with Crippen LogP contribution in [0.4, 0.5) is 0 Å². The Kier molecular flexibility index (Phi) is 4.59. The first kappa shape index (κ1) is 10.9. The van der Waals surface area contributed by atoms with Gasteiger partial charge in [0.2, 0.25) is 0 Å². The van der Waals surface area contributed by atoms with Crippen LogP contribution in [0.15, 0.2) is 0 Å². The molecule has 1 aliphatic rings. The zero-order chi connectivity index (χ0) is 9.68. The third-order valence-electron chi connectivity index (χ3n) is 2.36. The van der Waals surface area contributed by atoms with Gasteiger partial charge >= 0.3 is 5.97 Å². The van der Waals surface area contributed by atoms with Gasteiger partial charge in [-0.2, -0.15) is 11.8 Å². The highest BCUT2D eigenvalue weighted by molar-refractivity contribution is 7.99. The molecule has 4 heteroatoms. The van der Waals surface area contributed by atoms with Crippen molar-refractivity contribution < 1.29 is 9.53 Å². The molecule has 13 heavy (non-hydrogen) atoms. The monoisotopic (exact) mass is 203 g/mol. The first-order valence-electron chi connectivity index (χ1n) is 4.62. The van der Waals surface area contributed by atoms with E-state index in [-0.39, 0.29) is 5.97 Å². The molecule has 3 nitrogen and oxygen atoms in total. The van der Waals surface area contributed by atoms with Crippen LogP contribution >= 0.6 is 11.8 Å². The lowest BCUT2D eigenvalue weighted by molar-refractivity contribution is -0.141. The molecule has 1 rings (SSSR count). The van der Waals surface area contributed by atoms with Crippen LogP contribution in [0.5, 0.6) is 0 Å². The van der Waals surface area contributed by atoms with Crippen molar-refractivity contribution in [2.75, 3.05) is 31.7 Å². The first-order chi connectivity index (χ1) is 6.24. The quantitative estimate of drug-likeness (QED) is 0.640. The molecule has 76 valence electrons. The summed E-state index contributed by atoms with van der Waals surface area (Å²) < 4.78 is 4.64. The molecular formula is C9H17NO2S. The van der Waals surface area contributed by atoms with Crippen LogP contribution in [-0.2, 0) is 9.53 Å². The Balaban J connectivity index is 2.28. The van der Waals surface area contributed by atoms with E-state index in [4.69, 9.17) is 0 Å². The van der Waals surface area contributed by atoms with Crippen molar-refractivity contribution in [2.45, 2.75) is 19.4 Å². The minimum atomic E-state index is -0.106. The van der Waals surface area contributed by atoms with Crippen LogP contribution in [0, 0.1) is 0 Å². The van der Waals surface area contributed by atoms with E-state index in [1.807, 2.05) is 11.8 Å². The minimum absolute atomic E-state index is 0.106. The second-order valence-electron chi connectivity index (χ2n) is 3.28. The van der Waals surface area contributed by atoms with Crippen molar-refractivity contribution in [3.05, 3.63) is 0 Å². The summed E-state index contributed by atoms with van der Waals surface area (Å²) in [4.78, 5) is 13.4. The Labute approximate surface area is 83.8 Å². The Morgan fingerprint density at radius 1 is 1.54 bits per heavy atom. The highest BCUT2D eigenvalue weighted by Gasteiger charge is 2.19. The summed E-state index contributed by atoms with van der Waals surface area (Å²) in [5.74, 6) is 2.27. The Bertz CT molecular complexity index is 169. The second-order valence-corrected chi connectivity index (χ2v) is 4.50. The molecule has 1 saturated heterocycles. The minimum Gasteiger partial charge on any atom is -0.469 e. The van der Waals surface area contributed by atoms with Crippen molar-refractivity contribution in [3.8, 4) is 0 Å². The highest BCUT2D eigenvalue weighted by atomic mass is 32.2. The number of hydrogen-bond acceptors (Lipinski definition) is 4. The van der Waals surface area contributed by atoms with Gasteiger partial charge in [-0.1, -0.05) is 0 Å². The van der Waals surface area contributed by atoms with Crippen LogP contribution in [0.1, 0.15) is 13.3 Å². The number of carbonyl (C=O) groups excluding carboxylic acids is 1. The SMILES string of the molecule is COC(=O)CC(C)N1CCSCC1.